The van der Waals surface area contributed by atoms with E-state index in [-0.39, 0.29) is 6.03 Å². The zero-order valence-corrected chi connectivity index (χ0v) is 19.2. The van der Waals surface area contributed by atoms with Crippen LogP contribution in [0.2, 0.25) is 5.02 Å². The number of hydrogen-bond donors (Lipinski definition) is 3. The number of aromatic nitrogens is 6. The fourth-order valence-corrected chi connectivity index (χ4v) is 4.20. The zero-order chi connectivity index (χ0) is 23.3. The molecular formula is C22H18ClN9OS. The van der Waals surface area contributed by atoms with Crippen molar-refractivity contribution in [3.05, 3.63) is 77.4 Å². The van der Waals surface area contributed by atoms with E-state index in [1.165, 1.54) is 17.7 Å². The number of pyridine rings is 1. The number of anilines is 3. The highest BCUT2D eigenvalue weighted by Gasteiger charge is 2.11. The van der Waals surface area contributed by atoms with Crippen molar-refractivity contribution in [2.45, 2.75) is 6.42 Å². The van der Waals surface area contributed by atoms with Crippen LogP contribution in [-0.2, 0) is 6.42 Å². The summed E-state index contributed by atoms with van der Waals surface area (Å²) in [7, 11) is 0. The molecule has 0 saturated carbocycles. The van der Waals surface area contributed by atoms with Crippen LogP contribution in [0.25, 0.3) is 16.7 Å². The molecule has 4 heterocycles. The maximum atomic E-state index is 12.2. The van der Waals surface area contributed by atoms with Crippen molar-refractivity contribution < 1.29 is 4.79 Å². The van der Waals surface area contributed by atoms with E-state index >= 15 is 0 Å². The number of rotatable bonds is 7. The van der Waals surface area contributed by atoms with Crippen molar-refractivity contribution in [2.75, 3.05) is 22.5 Å². The fourth-order valence-electron chi connectivity index (χ4n) is 3.21. The first-order chi connectivity index (χ1) is 16.6. The molecular weight excluding hydrogens is 474 g/mol. The van der Waals surface area contributed by atoms with Crippen molar-refractivity contribution in [1.82, 2.24) is 29.7 Å². The summed E-state index contributed by atoms with van der Waals surface area (Å²) >= 11 is 7.35. The maximum Gasteiger partial charge on any atom is 0.325 e. The monoisotopic (exact) mass is 491 g/mol. The van der Waals surface area contributed by atoms with E-state index in [1.807, 2.05) is 18.3 Å². The second-order valence-corrected chi connectivity index (χ2v) is 8.68. The molecule has 4 aromatic heterocycles. The number of hydrogen-bond acceptors (Lipinski definition) is 8. The van der Waals surface area contributed by atoms with Crippen molar-refractivity contribution in [1.29, 1.82) is 0 Å². The lowest BCUT2D eigenvalue weighted by Gasteiger charge is -2.05. The summed E-state index contributed by atoms with van der Waals surface area (Å²) in [6.07, 6.45) is 9.24. The van der Waals surface area contributed by atoms with E-state index < -0.39 is 0 Å². The van der Waals surface area contributed by atoms with Crippen LogP contribution >= 0.6 is 22.9 Å². The first kappa shape index (κ1) is 21.7. The molecule has 2 amide bonds. The van der Waals surface area contributed by atoms with Crippen LogP contribution in [0.1, 0.15) is 4.88 Å². The van der Waals surface area contributed by atoms with Gasteiger partial charge in [-0.05, 0) is 30.3 Å². The summed E-state index contributed by atoms with van der Waals surface area (Å²) in [4.78, 5) is 30.2. The van der Waals surface area contributed by atoms with Gasteiger partial charge in [-0.1, -0.05) is 17.7 Å². The lowest BCUT2D eigenvalue weighted by molar-refractivity contribution is 0.262. The molecule has 34 heavy (non-hydrogen) atoms. The second-order valence-electron chi connectivity index (χ2n) is 7.13. The number of carbonyl (C=O) groups is 1. The molecule has 0 fully saturated rings. The van der Waals surface area contributed by atoms with Gasteiger partial charge >= 0.3 is 6.03 Å². The van der Waals surface area contributed by atoms with Crippen molar-refractivity contribution >= 4 is 56.6 Å². The number of carbonyl (C=O) groups excluding carboxylic acids is 1. The molecule has 12 heteroatoms. The molecule has 0 aliphatic heterocycles. The Morgan fingerprint density at radius 3 is 2.82 bits per heavy atom. The van der Waals surface area contributed by atoms with E-state index in [4.69, 9.17) is 11.6 Å². The number of urea groups is 1. The van der Waals surface area contributed by atoms with E-state index in [0.29, 0.717) is 40.1 Å². The molecule has 0 saturated heterocycles. The first-order valence-electron chi connectivity index (χ1n) is 10.3. The summed E-state index contributed by atoms with van der Waals surface area (Å²) < 4.78 is 1.75. The highest BCUT2D eigenvalue weighted by molar-refractivity contribution is 7.15. The SMILES string of the molecule is O=C(Nc1cccc(Cl)c1)Nc1ncc(CCNc2ncnc3cn(-c4ccncc4)nc23)s1. The number of thiazole rings is 1. The van der Waals surface area contributed by atoms with Crippen LogP contribution in [0.15, 0.2) is 67.5 Å². The normalized spacial score (nSPS) is 10.9. The number of benzene rings is 1. The van der Waals surface area contributed by atoms with Crippen LogP contribution < -0.4 is 16.0 Å². The predicted octanol–water partition coefficient (Wildman–Crippen LogP) is 4.62. The maximum absolute atomic E-state index is 12.2. The topological polar surface area (TPSA) is 123 Å². The largest absolute Gasteiger partial charge is 0.368 e. The highest BCUT2D eigenvalue weighted by Crippen LogP contribution is 2.22. The van der Waals surface area contributed by atoms with Crippen LogP contribution in [-0.4, -0.2) is 42.3 Å². The molecule has 5 rings (SSSR count). The van der Waals surface area contributed by atoms with Gasteiger partial charge in [-0.3, -0.25) is 10.3 Å². The minimum atomic E-state index is -0.380. The molecule has 0 radical (unpaired) electrons. The molecule has 0 aliphatic carbocycles. The summed E-state index contributed by atoms with van der Waals surface area (Å²) in [6.45, 7) is 0.616. The Morgan fingerprint density at radius 2 is 1.97 bits per heavy atom. The van der Waals surface area contributed by atoms with Gasteiger partial charge in [0.1, 0.15) is 11.8 Å². The second kappa shape index (κ2) is 9.81. The third kappa shape index (κ3) is 5.11. The van der Waals surface area contributed by atoms with Crippen LogP contribution in [0, 0.1) is 0 Å². The average Bonchev–Trinajstić information content (AvgIpc) is 3.47. The molecule has 0 atom stereocenters. The molecule has 1 aromatic carbocycles. The zero-order valence-electron chi connectivity index (χ0n) is 17.6. The molecule has 3 N–H and O–H groups in total. The molecule has 5 aromatic rings. The lowest BCUT2D eigenvalue weighted by atomic mass is 10.3. The van der Waals surface area contributed by atoms with Gasteiger partial charge in [-0.15, -0.1) is 11.3 Å². The van der Waals surface area contributed by atoms with E-state index in [1.54, 1.807) is 47.5 Å². The van der Waals surface area contributed by atoms with Crippen molar-refractivity contribution in [3.63, 3.8) is 0 Å². The van der Waals surface area contributed by atoms with Gasteiger partial charge in [0, 0.05) is 47.1 Å². The molecule has 0 spiro atoms. The third-order valence-electron chi connectivity index (χ3n) is 4.75. The van der Waals surface area contributed by atoms with Gasteiger partial charge in [0.2, 0.25) is 0 Å². The quantitative estimate of drug-likeness (QED) is 0.303. The molecule has 170 valence electrons. The van der Waals surface area contributed by atoms with Crippen LogP contribution in [0.3, 0.4) is 0 Å². The highest BCUT2D eigenvalue weighted by atomic mass is 35.5. The average molecular weight is 492 g/mol. The molecule has 0 bridgehead atoms. The number of fused-ring (bicyclic) bond motifs is 1. The Bertz CT molecular complexity index is 1440. The number of nitrogens with zero attached hydrogens (tertiary/aromatic N) is 6. The smallest absolute Gasteiger partial charge is 0.325 e. The molecule has 0 aliphatic rings. The summed E-state index contributed by atoms with van der Waals surface area (Å²) in [6, 6.07) is 10.3. The number of halogens is 1. The molecule has 0 unspecified atom stereocenters. The van der Waals surface area contributed by atoms with E-state index in [9.17, 15) is 4.79 Å². The Labute approximate surface area is 203 Å². The van der Waals surface area contributed by atoms with Gasteiger partial charge < -0.3 is 10.6 Å². The lowest BCUT2D eigenvalue weighted by Crippen LogP contribution is -2.19. The van der Waals surface area contributed by atoms with Gasteiger partial charge in [0.05, 0.1) is 11.9 Å². The first-order valence-corrected chi connectivity index (χ1v) is 11.5. The number of nitrogens with one attached hydrogen (secondary N) is 3. The van der Waals surface area contributed by atoms with E-state index in [0.717, 1.165) is 16.1 Å². The van der Waals surface area contributed by atoms with Crippen molar-refractivity contribution in [3.8, 4) is 5.69 Å². The Kier molecular flexibility index (Phi) is 6.27. The third-order valence-corrected chi connectivity index (χ3v) is 5.96. The van der Waals surface area contributed by atoms with E-state index in [2.05, 4.69) is 41.0 Å². The van der Waals surface area contributed by atoms with Crippen LogP contribution in [0.4, 0.5) is 21.4 Å². The van der Waals surface area contributed by atoms with Gasteiger partial charge in [0.15, 0.2) is 16.5 Å². The number of amides is 2. The summed E-state index contributed by atoms with van der Waals surface area (Å²) in [5, 5.41) is 14.5. The Morgan fingerprint density at radius 1 is 1.09 bits per heavy atom. The van der Waals surface area contributed by atoms with Crippen molar-refractivity contribution in [2.24, 2.45) is 0 Å². The van der Waals surface area contributed by atoms with Crippen LogP contribution in [0.5, 0.6) is 0 Å². The predicted molar refractivity (Wildman–Crippen MR) is 133 cm³/mol. The molecule has 10 nitrogen and oxygen atoms in total. The summed E-state index contributed by atoms with van der Waals surface area (Å²) in [5.74, 6) is 0.654. The van der Waals surface area contributed by atoms with Gasteiger partial charge in [-0.25, -0.2) is 24.4 Å². The van der Waals surface area contributed by atoms with Gasteiger partial charge in [-0.2, -0.15) is 5.10 Å². The Balaban J connectivity index is 1.18. The summed E-state index contributed by atoms with van der Waals surface area (Å²) in [5.41, 5.74) is 2.92. The minimum Gasteiger partial charge on any atom is -0.368 e. The standard InChI is InChI=1S/C22H18ClN9OS/c23-14-2-1-3-15(10-14)29-21(33)30-22-26-11-17(34-22)6-9-25-20-19-18(27-13-28-20)12-32(31-19)16-4-7-24-8-5-16/h1-5,7-8,10-13H,6,9H2,(H,25,27,28)(H2,26,29,30,33). The Hall–Kier alpha value is -4.09. The minimum absolute atomic E-state index is 0.380. The van der Waals surface area contributed by atoms with Gasteiger partial charge in [0.25, 0.3) is 0 Å². The fraction of sp³-hybridized carbons (Fsp3) is 0.0909.